The fourth-order valence-electron chi connectivity index (χ4n) is 5.29. The molecule has 0 spiro atoms. The van der Waals surface area contributed by atoms with Crippen LogP contribution < -0.4 is 14.2 Å². The summed E-state index contributed by atoms with van der Waals surface area (Å²) in [4.78, 5) is 17.7. The van der Waals surface area contributed by atoms with Gasteiger partial charge in [0.05, 0.1) is 5.56 Å². The maximum Gasteiger partial charge on any atom is 0.340 e. The second kappa shape index (κ2) is 10.8. The van der Waals surface area contributed by atoms with Gasteiger partial charge in [0, 0.05) is 60.0 Å². The van der Waals surface area contributed by atoms with Crippen molar-refractivity contribution in [3.63, 3.8) is 0 Å². The number of benzene rings is 4. The van der Waals surface area contributed by atoms with E-state index in [2.05, 4.69) is 78.2 Å². The minimum Gasteiger partial charge on any atom is -0.541 e. The van der Waals surface area contributed by atoms with Crippen molar-refractivity contribution in [2.75, 3.05) is 29.9 Å². The molecule has 1 atom stereocenters. The van der Waals surface area contributed by atoms with Crippen LogP contribution >= 0.6 is 0 Å². The van der Waals surface area contributed by atoms with Crippen LogP contribution in [0.15, 0.2) is 97.1 Å². The lowest BCUT2D eigenvalue weighted by Gasteiger charge is -2.33. The van der Waals surface area contributed by atoms with E-state index in [0.29, 0.717) is 5.56 Å². The van der Waals surface area contributed by atoms with Crippen LogP contribution in [0.1, 0.15) is 40.9 Å². The lowest BCUT2D eigenvalue weighted by molar-refractivity contribution is 0.0248. The number of hydrogen-bond donors (Lipinski definition) is 0. The van der Waals surface area contributed by atoms with E-state index in [-0.39, 0.29) is 15.7 Å². The second-order valence-electron chi connectivity index (χ2n) is 9.22. The molecule has 38 heavy (non-hydrogen) atoms. The zero-order valence-electron chi connectivity index (χ0n) is 22.3. The van der Waals surface area contributed by atoms with Crippen LogP contribution in [0.2, 0.25) is 6.55 Å². The number of anilines is 3. The number of fused-ring (bicyclic) bond motifs is 1. The number of cyclic esters (lactones) is 1. The Bertz CT molecular complexity index is 1420. The topological polar surface area (TPSA) is 42.0 Å². The van der Waals surface area contributed by atoms with Crippen LogP contribution in [0.25, 0.3) is 0 Å². The zero-order valence-corrected chi connectivity index (χ0v) is 23.3. The molecule has 0 N–H and O–H groups in total. The average molecular weight is 521 g/mol. The summed E-state index contributed by atoms with van der Waals surface area (Å²) in [5.41, 5.74) is 5.21. The molecular formula is C32H32N2O3Si. The predicted octanol–water partition coefficient (Wildman–Crippen LogP) is 6.81. The number of nitrogens with zero attached hydrogens (tertiary/aromatic N) is 2. The second-order valence-corrected chi connectivity index (χ2v) is 9.83. The SMILES string of the molecule is CCN(CC)c1ccc(C2(c3ccc(N(C)c4ccccc4)cc3)OC(=O)c3ccccc32)c(O[Si]C)c1. The molecular weight excluding hydrogens is 488 g/mol. The number of hydrogen-bond acceptors (Lipinski definition) is 5. The summed E-state index contributed by atoms with van der Waals surface area (Å²) in [7, 11) is 2.29. The van der Waals surface area contributed by atoms with Gasteiger partial charge in [-0.2, -0.15) is 0 Å². The van der Waals surface area contributed by atoms with Gasteiger partial charge in [0.25, 0.3) is 0 Å². The van der Waals surface area contributed by atoms with E-state index in [0.717, 1.165) is 52.6 Å². The van der Waals surface area contributed by atoms with Crippen molar-refractivity contribution in [1.29, 1.82) is 0 Å². The predicted molar refractivity (Wildman–Crippen MR) is 155 cm³/mol. The van der Waals surface area contributed by atoms with E-state index in [9.17, 15) is 4.79 Å². The number of carbonyl (C=O) groups is 1. The molecule has 0 saturated carbocycles. The van der Waals surface area contributed by atoms with Gasteiger partial charge in [-0.3, -0.25) is 0 Å². The van der Waals surface area contributed by atoms with Gasteiger partial charge in [0.2, 0.25) is 0 Å². The average Bonchev–Trinajstić information content (AvgIpc) is 3.27. The summed E-state index contributed by atoms with van der Waals surface area (Å²) in [6, 6.07) is 32.4. The molecule has 5 rings (SSSR count). The summed E-state index contributed by atoms with van der Waals surface area (Å²) in [6.45, 7) is 8.07. The lowest BCUT2D eigenvalue weighted by atomic mass is 9.79. The van der Waals surface area contributed by atoms with Crippen LogP contribution in [-0.2, 0) is 10.3 Å². The quantitative estimate of drug-likeness (QED) is 0.179. The molecule has 6 heteroatoms. The fourth-order valence-corrected chi connectivity index (χ4v) is 5.68. The van der Waals surface area contributed by atoms with Crippen LogP contribution in [0.5, 0.6) is 5.75 Å². The Morgan fingerprint density at radius 3 is 2.11 bits per heavy atom. The maximum atomic E-state index is 13.2. The van der Waals surface area contributed by atoms with Gasteiger partial charge in [-0.15, -0.1) is 0 Å². The van der Waals surface area contributed by atoms with E-state index in [1.54, 1.807) is 0 Å². The van der Waals surface area contributed by atoms with Gasteiger partial charge in [-0.25, -0.2) is 4.79 Å². The van der Waals surface area contributed by atoms with Crippen molar-refractivity contribution in [2.45, 2.75) is 26.0 Å². The number of esters is 1. The molecule has 0 aromatic heterocycles. The Kier molecular flexibility index (Phi) is 7.25. The number of carbonyl (C=O) groups excluding carboxylic acids is 1. The van der Waals surface area contributed by atoms with Crippen molar-refractivity contribution >= 4 is 32.8 Å². The fraction of sp³-hybridized carbons (Fsp3) is 0.219. The van der Waals surface area contributed by atoms with E-state index in [1.807, 2.05) is 56.1 Å². The lowest BCUT2D eigenvalue weighted by Crippen LogP contribution is -2.31. The van der Waals surface area contributed by atoms with Crippen molar-refractivity contribution < 1.29 is 14.0 Å². The van der Waals surface area contributed by atoms with Crippen molar-refractivity contribution in [1.82, 2.24) is 0 Å². The van der Waals surface area contributed by atoms with Crippen molar-refractivity contribution in [3.05, 3.63) is 119 Å². The summed E-state index contributed by atoms with van der Waals surface area (Å²) in [5, 5.41) is 0. The molecule has 1 unspecified atom stereocenters. The summed E-state index contributed by atoms with van der Waals surface area (Å²) >= 11 is 0. The van der Waals surface area contributed by atoms with Gasteiger partial charge < -0.3 is 19.0 Å². The highest BCUT2D eigenvalue weighted by atomic mass is 28.2. The van der Waals surface area contributed by atoms with Crippen LogP contribution in [0, 0.1) is 0 Å². The number of para-hydroxylation sites is 1. The van der Waals surface area contributed by atoms with Crippen molar-refractivity contribution in [2.24, 2.45) is 0 Å². The highest BCUT2D eigenvalue weighted by Crippen LogP contribution is 2.50. The minimum absolute atomic E-state index is 0.242. The highest BCUT2D eigenvalue weighted by Gasteiger charge is 2.50. The summed E-state index contributed by atoms with van der Waals surface area (Å²) < 4.78 is 12.6. The first-order valence-electron chi connectivity index (χ1n) is 13.0. The standard InChI is InChI=1S/C32H32N2O3Si/c1-5-34(6-2)26-20-21-29(30(22-26)37-38-4)32(28-15-11-10-14-27(28)31(35)36-32)23-16-18-25(19-17-23)33(3)24-12-8-7-9-13-24/h7-22H,5-6H2,1-4H3. The molecule has 0 saturated heterocycles. The smallest absolute Gasteiger partial charge is 0.340 e. The van der Waals surface area contributed by atoms with Gasteiger partial charge in [-0.05, 0) is 62.9 Å². The van der Waals surface area contributed by atoms with E-state index in [4.69, 9.17) is 9.16 Å². The third kappa shape index (κ3) is 4.35. The van der Waals surface area contributed by atoms with Crippen LogP contribution in [0.4, 0.5) is 17.1 Å². The molecule has 0 amide bonds. The van der Waals surface area contributed by atoms with E-state index in [1.165, 1.54) is 0 Å². The molecule has 4 aromatic rings. The van der Waals surface area contributed by atoms with Gasteiger partial charge >= 0.3 is 15.7 Å². The third-order valence-corrected chi connectivity index (χ3v) is 7.69. The molecule has 192 valence electrons. The first kappa shape index (κ1) is 25.6. The molecule has 5 nitrogen and oxygen atoms in total. The summed E-state index contributed by atoms with van der Waals surface area (Å²) in [5.74, 6) is 0.397. The van der Waals surface area contributed by atoms with Crippen LogP contribution in [-0.4, -0.2) is 35.9 Å². The van der Waals surface area contributed by atoms with Crippen molar-refractivity contribution in [3.8, 4) is 5.75 Å². The Morgan fingerprint density at radius 2 is 1.42 bits per heavy atom. The maximum absolute atomic E-state index is 13.2. The van der Waals surface area contributed by atoms with E-state index >= 15 is 0 Å². The monoisotopic (exact) mass is 520 g/mol. The number of rotatable bonds is 9. The first-order valence-corrected chi connectivity index (χ1v) is 14.4. The Hall–Kier alpha value is -4.03. The Balaban J connectivity index is 1.68. The van der Waals surface area contributed by atoms with Gasteiger partial charge in [-0.1, -0.05) is 48.5 Å². The summed E-state index contributed by atoms with van der Waals surface area (Å²) in [6.07, 6.45) is 0. The Morgan fingerprint density at radius 1 is 0.789 bits per heavy atom. The molecule has 1 aliphatic heterocycles. The molecule has 1 heterocycles. The third-order valence-electron chi connectivity index (χ3n) is 7.26. The minimum atomic E-state index is -1.12. The normalized spacial score (nSPS) is 16.1. The van der Waals surface area contributed by atoms with Crippen LogP contribution in [0.3, 0.4) is 0 Å². The molecule has 0 aliphatic carbocycles. The molecule has 1 aliphatic rings. The zero-order chi connectivity index (χ0) is 26.7. The number of ether oxygens (including phenoxy) is 1. The molecule has 0 bridgehead atoms. The Labute approximate surface area is 227 Å². The molecule has 4 aromatic carbocycles. The molecule has 2 radical (unpaired) electrons. The van der Waals surface area contributed by atoms with Gasteiger partial charge in [0.1, 0.15) is 5.75 Å². The highest BCUT2D eigenvalue weighted by molar-refractivity contribution is 6.26. The molecule has 0 fully saturated rings. The largest absolute Gasteiger partial charge is 0.541 e. The van der Waals surface area contributed by atoms with E-state index < -0.39 is 5.60 Å². The van der Waals surface area contributed by atoms with Gasteiger partial charge in [0.15, 0.2) is 5.60 Å². The first-order chi connectivity index (χ1) is 18.5.